The van der Waals surface area contributed by atoms with E-state index in [9.17, 15) is 14.4 Å². The van der Waals surface area contributed by atoms with Gasteiger partial charge < -0.3 is 19.6 Å². The smallest absolute Gasteiger partial charge is 0.336 e. The molecule has 0 bridgehead atoms. The molecule has 0 saturated carbocycles. The zero-order chi connectivity index (χ0) is 21.8. The maximum absolute atomic E-state index is 12.6. The number of hydrogen-bond acceptors (Lipinski definition) is 7. The lowest BCUT2D eigenvalue weighted by molar-refractivity contribution is -0.113. The number of nitrogens with one attached hydrogen (secondary N) is 2. The van der Waals surface area contributed by atoms with E-state index in [-0.39, 0.29) is 17.6 Å². The van der Waals surface area contributed by atoms with E-state index in [1.54, 1.807) is 66.5 Å². The molecule has 9 nitrogen and oxygen atoms in total. The first-order valence-corrected chi connectivity index (χ1v) is 10.2. The molecule has 2 aromatic carbocycles. The van der Waals surface area contributed by atoms with Crippen molar-refractivity contribution in [3.8, 4) is 0 Å². The van der Waals surface area contributed by atoms with Crippen molar-refractivity contribution >= 4 is 45.9 Å². The standard InChI is InChI=1S/C21H17N5O4S/c1-26-12-22-25-21(26)31-11-18(27)23-15-4-2-3-14(10-15)20(29)24-16-6-7-17-13(9-16)5-8-19(28)30-17/h2-10,12H,11H2,1H3,(H,23,27)(H,24,29). The minimum atomic E-state index is -0.432. The van der Waals surface area contributed by atoms with Gasteiger partial charge in [0.25, 0.3) is 5.91 Å². The molecule has 0 fully saturated rings. The highest BCUT2D eigenvalue weighted by Crippen LogP contribution is 2.20. The summed E-state index contributed by atoms with van der Waals surface area (Å²) in [6, 6.07) is 14.6. The van der Waals surface area contributed by atoms with Gasteiger partial charge in [0.2, 0.25) is 5.91 Å². The van der Waals surface area contributed by atoms with Gasteiger partial charge in [0.15, 0.2) is 5.16 Å². The Morgan fingerprint density at radius 2 is 1.90 bits per heavy atom. The predicted molar refractivity (Wildman–Crippen MR) is 117 cm³/mol. The summed E-state index contributed by atoms with van der Waals surface area (Å²) in [6.07, 6.45) is 1.56. The molecule has 31 heavy (non-hydrogen) atoms. The molecule has 0 atom stereocenters. The molecular weight excluding hydrogens is 418 g/mol. The molecule has 10 heteroatoms. The maximum atomic E-state index is 12.6. The summed E-state index contributed by atoms with van der Waals surface area (Å²) in [5.74, 6) is -0.390. The molecule has 2 N–H and O–H groups in total. The van der Waals surface area contributed by atoms with Gasteiger partial charge in [-0.1, -0.05) is 17.8 Å². The number of amides is 2. The minimum absolute atomic E-state index is 0.163. The monoisotopic (exact) mass is 435 g/mol. The Hall–Kier alpha value is -3.92. The van der Waals surface area contributed by atoms with Gasteiger partial charge >= 0.3 is 5.63 Å². The molecule has 0 aliphatic rings. The average molecular weight is 435 g/mol. The quantitative estimate of drug-likeness (QED) is 0.353. The Bertz CT molecular complexity index is 1330. The first kappa shape index (κ1) is 20.4. The topological polar surface area (TPSA) is 119 Å². The number of aryl methyl sites for hydroxylation is 1. The lowest BCUT2D eigenvalue weighted by Crippen LogP contribution is -2.16. The van der Waals surface area contributed by atoms with Crippen molar-refractivity contribution in [2.75, 3.05) is 16.4 Å². The molecular formula is C21H17N5O4S. The van der Waals surface area contributed by atoms with Crippen molar-refractivity contribution < 1.29 is 14.0 Å². The second kappa shape index (κ2) is 8.84. The number of hydrogen-bond donors (Lipinski definition) is 2. The average Bonchev–Trinajstić information content (AvgIpc) is 3.17. The van der Waals surface area contributed by atoms with Crippen molar-refractivity contribution in [2.24, 2.45) is 7.05 Å². The van der Waals surface area contributed by atoms with E-state index in [1.165, 1.54) is 17.8 Å². The summed E-state index contributed by atoms with van der Waals surface area (Å²) in [6.45, 7) is 0. The summed E-state index contributed by atoms with van der Waals surface area (Å²) < 4.78 is 6.82. The second-order valence-corrected chi connectivity index (χ2v) is 7.55. The second-order valence-electron chi connectivity index (χ2n) is 6.60. The lowest BCUT2D eigenvalue weighted by atomic mass is 10.1. The van der Waals surface area contributed by atoms with Crippen molar-refractivity contribution in [1.82, 2.24) is 14.8 Å². The van der Waals surface area contributed by atoms with Gasteiger partial charge in [-0.2, -0.15) is 0 Å². The predicted octanol–water partition coefficient (Wildman–Crippen LogP) is 2.90. The van der Waals surface area contributed by atoms with Crippen molar-refractivity contribution in [2.45, 2.75) is 5.16 Å². The van der Waals surface area contributed by atoms with Crippen LogP contribution in [0.4, 0.5) is 11.4 Å². The van der Waals surface area contributed by atoms with E-state index in [2.05, 4.69) is 20.8 Å². The van der Waals surface area contributed by atoms with Crippen LogP contribution in [-0.2, 0) is 11.8 Å². The number of thioether (sulfide) groups is 1. The first-order chi connectivity index (χ1) is 15.0. The highest BCUT2D eigenvalue weighted by atomic mass is 32.2. The Labute approximate surface area is 180 Å². The first-order valence-electron chi connectivity index (χ1n) is 9.20. The van der Waals surface area contributed by atoms with E-state index < -0.39 is 5.63 Å². The molecule has 4 rings (SSSR count). The van der Waals surface area contributed by atoms with Crippen LogP contribution in [0.1, 0.15) is 10.4 Å². The molecule has 2 amide bonds. The third-order valence-electron chi connectivity index (χ3n) is 4.29. The van der Waals surface area contributed by atoms with Crippen LogP contribution in [0.5, 0.6) is 0 Å². The fourth-order valence-electron chi connectivity index (χ4n) is 2.82. The number of aromatic nitrogens is 3. The van der Waals surface area contributed by atoms with Crippen LogP contribution in [0.25, 0.3) is 11.0 Å². The van der Waals surface area contributed by atoms with Crippen LogP contribution in [0.3, 0.4) is 0 Å². The zero-order valence-electron chi connectivity index (χ0n) is 16.4. The highest BCUT2D eigenvalue weighted by Gasteiger charge is 2.11. The lowest BCUT2D eigenvalue weighted by Gasteiger charge is -2.09. The maximum Gasteiger partial charge on any atom is 0.336 e. The van der Waals surface area contributed by atoms with E-state index >= 15 is 0 Å². The largest absolute Gasteiger partial charge is 0.423 e. The Kier molecular flexibility index (Phi) is 5.80. The number of anilines is 2. The molecule has 0 aliphatic carbocycles. The summed E-state index contributed by atoms with van der Waals surface area (Å²) in [4.78, 5) is 36.1. The van der Waals surface area contributed by atoms with Crippen LogP contribution in [-0.4, -0.2) is 32.3 Å². The number of carbonyl (C=O) groups excluding carboxylic acids is 2. The van der Waals surface area contributed by atoms with Gasteiger partial charge in [-0.25, -0.2) is 4.79 Å². The molecule has 0 aliphatic heterocycles. The fourth-order valence-corrected chi connectivity index (χ4v) is 3.51. The third kappa shape index (κ3) is 4.98. The normalized spacial score (nSPS) is 10.7. The molecule has 0 saturated heterocycles. The van der Waals surface area contributed by atoms with Gasteiger partial charge in [-0.15, -0.1) is 10.2 Å². The molecule has 4 aromatic rings. The zero-order valence-corrected chi connectivity index (χ0v) is 17.2. The fraction of sp³-hybridized carbons (Fsp3) is 0.0952. The van der Waals surface area contributed by atoms with E-state index in [4.69, 9.17) is 4.42 Å². The number of carbonyl (C=O) groups is 2. The van der Waals surface area contributed by atoms with Gasteiger partial charge in [0.1, 0.15) is 11.9 Å². The molecule has 2 aromatic heterocycles. The van der Waals surface area contributed by atoms with Gasteiger partial charge in [-0.3, -0.25) is 9.59 Å². The Balaban J connectivity index is 1.40. The summed E-state index contributed by atoms with van der Waals surface area (Å²) in [5.41, 5.74) is 1.46. The van der Waals surface area contributed by atoms with Crippen LogP contribution >= 0.6 is 11.8 Å². The van der Waals surface area contributed by atoms with Crippen molar-refractivity contribution in [1.29, 1.82) is 0 Å². The molecule has 0 unspecified atom stereocenters. The Morgan fingerprint density at radius 3 is 2.71 bits per heavy atom. The molecule has 156 valence electrons. The van der Waals surface area contributed by atoms with E-state index in [0.29, 0.717) is 33.1 Å². The van der Waals surface area contributed by atoms with Crippen LogP contribution in [0, 0.1) is 0 Å². The summed E-state index contributed by atoms with van der Waals surface area (Å²) >= 11 is 1.27. The SMILES string of the molecule is Cn1cnnc1SCC(=O)Nc1cccc(C(=O)Nc2ccc3oc(=O)ccc3c2)c1. The van der Waals surface area contributed by atoms with Crippen LogP contribution < -0.4 is 16.3 Å². The minimum Gasteiger partial charge on any atom is -0.423 e. The molecule has 2 heterocycles. The Morgan fingerprint density at radius 1 is 1.06 bits per heavy atom. The van der Waals surface area contributed by atoms with Crippen LogP contribution in [0.2, 0.25) is 0 Å². The van der Waals surface area contributed by atoms with E-state index in [1.807, 2.05) is 0 Å². The molecule has 0 spiro atoms. The van der Waals surface area contributed by atoms with Gasteiger partial charge in [0, 0.05) is 35.4 Å². The van der Waals surface area contributed by atoms with E-state index in [0.717, 1.165) is 0 Å². The number of nitrogens with zero attached hydrogens (tertiary/aromatic N) is 3. The number of fused-ring (bicyclic) bond motifs is 1. The van der Waals surface area contributed by atoms with Crippen LogP contribution in [0.15, 0.2) is 75.3 Å². The molecule has 0 radical (unpaired) electrons. The summed E-state index contributed by atoms with van der Waals surface area (Å²) in [5, 5.41) is 14.6. The third-order valence-corrected chi connectivity index (χ3v) is 5.32. The van der Waals surface area contributed by atoms with Crippen molar-refractivity contribution in [3.63, 3.8) is 0 Å². The van der Waals surface area contributed by atoms with Gasteiger partial charge in [-0.05, 0) is 42.5 Å². The number of benzene rings is 2. The highest BCUT2D eigenvalue weighted by molar-refractivity contribution is 7.99. The number of rotatable bonds is 6. The van der Waals surface area contributed by atoms with Crippen molar-refractivity contribution in [3.05, 3.63) is 76.9 Å². The summed E-state index contributed by atoms with van der Waals surface area (Å²) in [7, 11) is 1.80. The van der Waals surface area contributed by atoms with Gasteiger partial charge in [0.05, 0.1) is 5.75 Å².